The van der Waals surface area contributed by atoms with Gasteiger partial charge in [0.15, 0.2) is 0 Å². The van der Waals surface area contributed by atoms with Crippen LogP contribution in [-0.4, -0.2) is 33.6 Å². The molecular weight excluding hydrogens is 238 g/mol. The summed E-state index contributed by atoms with van der Waals surface area (Å²) in [6, 6.07) is 8.00. The normalized spacial score (nSPS) is 11.4. The monoisotopic (exact) mass is 264 g/mol. The summed E-state index contributed by atoms with van der Waals surface area (Å²) in [5, 5.41) is 2.92. The average Bonchev–Trinajstić information content (AvgIpc) is 2.34. The second kappa shape index (κ2) is 7.26. The van der Waals surface area contributed by atoms with E-state index in [2.05, 4.69) is 26.5 Å². The Labute approximate surface area is 116 Å². The van der Waals surface area contributed by atoms with Crippen molar-refractivity contribution in [3.63, 3.8) is 0 Å². The van der Waals surface area contributed by atoms with Crippen molar-refractivity contribution < 1.29 is 4.79 Å². The minimum absolute atomic E-state index is 0.0787. The van der Waals surface area contributed by atoms with Crippen LogP contribution in [-0.2, 0) is 4.79 Å². The largest absolute Gasteiger partial charge is 0.330 e. The Morgan fingerprint density at radius 2 is 1.74 bits per heavy atom. The Morgan fingerprint density at radius 3 is 2.26 bits per heavy atom. The van der Waals surface area contributed by atoms with E-state index in [9.17, 15) is 4.79 Å². The van der Waals surface area contributed by atoms with Crippen molar-refractivity contribution in [2.75, 3.05) is 33.0 Å². The molecule has 4 nitrogen and oxygen atoms in total. The molecule has 0 spiro atoms. The SMILES string of the molecule is C[N+](C)(C)c1ccc(NC(=O)CCCCCN)cc1. The van der Waals surface area contributed by atoms with Crippen LogP contribution in [0.5, 0.6) is 0 Å². The number of unbranched alkanes of at least 4 members (excludes halogenated alkanes) is 2. The molecule has 0 aliphatic heterocycles. The maximum Gasteiger partial charge on any atom is 0.224 e. The topological polar surface area (TPSA) is 55.1 Å². The molecule has 0 saturated carbocycles. The number of hydrogen-bond donors (Lipinski definition) is 2. The highest BCUT2D eigenvalue weighted by Crippen LogP contribution is 2.19. The smallest absolute Gasteiger partial charge is 0.224 e. The van der Waals surface area contributed by atoms with E-state index in [1.807, 2.05) is 24.3 Å². The molecule has 0 saturated heterocycles. The van der Waals surface area contributed by atoms with Crippen LogP contribution in [0.25, 0.3) is 0 Å². The Balaban J connectivity index is 2.43. The molecule has 0 bridgehead atoms. The lowest BCUT2D eigenvalue weighted by atomic mass is 10.2. The van der Waals surface area contributed by atoms with E-state index < -0.39 is 0 Å². The fourth-order valence-corrected chi connectivity index (χ4v) is 1.82. The number of nitrogens with zero attached hydrogens (tertiary/aromatic N) is 1. The van der Waals surface area contributed by atoms with Crippen LogP contribution in [0.4, 0.5) is 11.4 Å². The lowest BCUT2D eigenvalue weighted by Crippen LogP contribution is -2.34. The molecule has 106 valence electrons. The molecule has 0 aliphatic rings. The van der Waals surface area contributed by atoms with Gasteiger partial charge >= 0.3 is 0 Å². The zero-order valence-corrected chi connectivity index (χ0v) is 12.3. The van der Waals surface area contributed by atoms with Crippen molar-refractivity contribution in [2.45, 2.75) is 25.7 Å². The Hall–Kier alpha value is -1.39. The van der Waals surface area contributed by atoms with Crippen molar-refractivity contribution in [1.29, 1.82) is 0 Å². The van der Waals surface area contributed by atoms with Crippen LogP contribution in [0.1, 0.15) is 25.7 Å². The van der Waals surface area contributed by atoms with Crippen molar-refractivity contribution in [1.82, 2.24) is 4.48 Å². The van der Waals surface area contributed by atoms with Crippen LogP contribution < -0.4 is 15.5 Å². The molecule has 1 aromatic carbocycles. The van der Waals surface area contributed by atoms with Gasteiger partial charge in [-0.2, -0.15) is 0 Å². The minimum atomic E-state index is 0.0787. The first-order valence-corrected chi connectivity index (χ1v) is 6.85. The van der Waals surface area contributed by atoms with Crippen LogP contribution >= 0.6 is 0 Å². The first-order valence-electron chi connectivity index (χ1n) is 6.85. The summed E-state index contributed by atoms with van der Waals surface area (Å²) in [5.74, 6) is 0.0787. The number of quaternary nitrogens is 1. The zero-order chi connectivity index (χ0) is 14.3. The second-order valence-corrected chi connectivity index (χ2v) is 5.71. The van der Waals surface area contributed by atoms with Crippen LogP contribution in [0.15, 0.2) is 24.3 Å². The number of carbonyl (C=O) groups excluding carboxylic acids is 1. The number of anilines is 1. The third-order valence-electron chi connectivity index (χ3n) is 3.03. The molecule has 19 heavy (non-hydrogen) atoms. The van der Waals surface area contributed by atoms with Gasteiger partial charge in [0.25, 0.3) is 0 Å². The number of nitrogens with two attached hydrogens (primary N) is 1. The van der Waals surface area contributed by atoms with Crippen LogP contribution in [0.2, 0.25) is 0 Å². The molecule has 1 rings (SSSR count). The van der Waals surface area contributed by atoms with Gasteiger partial charge in [0, 0.05) is 24.2 Å². The van der Waals surface area contributed by atoms with E-state index in [4.69, 9.17) is 5.73 Å². The van der Waals surface area contributed by atoms with Gasteiger partial charge in [0.05, 0.1) is 21.1 Å². The number of carbonyl (C=O) groups is 1. The predicted octanol–water partition coefficient (Wildman–Crippen LogP) is 2.34. The molecule has 1 amide bonds. The molecule has 0 fully saturated rings. The third kappa shape index (κ3) is 5.85. The lowest BCUT2D eigenvalue weighted by Gasteiger charge is -2.23. The Kier molecular flexibility index (Phi) is 5.99. The van der Waals surface area contributed by atoms with Gasteiger partial charge in [0.2, 0.25) is 5.91 Å². The van der Waals surface area contributed by atoms with E-state index in [0.717, 1.165) is 29.4 Å². The van der Waals surface area contributed by atoms with Gasteiger partial charge in [-0.25, -0.2) is 0 Å². The van der Waals surface area contributed by atoms with E-state index in [0.29, 0.717) is 13.0 Å². The van der Waals surface area contributed by atoms with Gasteiger partial charge in [-0.3, -0.25) is 9.28 Å². The highest BCUT2D eigenvalue weighted by molar-refractivity contribution is 5.90. The molecule has 0 unspecified atom stereocenters. The quantitative estimate of drug-likeness (QED) is 0.586. The lowest BCUT2D eigenvalue weighted by molar-refractivity contribution is -0.116. The minimum Gasteiger partial charge on any atom is -0.330 e. The van der Waals surface area contributed by atoms with Gasteiger partial charge in [-0.15, -0.1) is 0 Å². The maximum absolute atomic E-state index is 11.7. The molecule has 0 heterocycles. The Bertz CT molecular complexity index is 393. The van der Waals surface area contributed by atoms with Gasteiger partial charge < -0.3 is 11.1 Å². The maximum atomic E-state index is 11.7. The standard InChI is InChI=1S/C15H25N3O/c1-18(2,3)14-10-8-13(9-11-14)17-15(19)7-5-4-6-12-16/h8-11H,4-7,12,16H2,1-3H3/p+1. The van der Waals surface area contributed by atoms with Crippen molar-refractivity contribution >= 4 is 17.3 Å². The first-order chi connectivity index (χ1) is 8.93. The third-order valence-corrected chi connectivity index (χ3v) is 3.03. The predicted molar refractivity (Wildman–Crippen MR) is 82.2 cm³/mol. The summed E-state index contributed by atoms with van der Waals surface area (Å²) in [6.45, 7) is 0.703. The molecule has 3 N–H and O–H groups in total. The summed E-state index contributed by atoms with van der Waals surface area (Å²) in [5.41, 5.74) is 7.49. The summed E-state index contributed by atoms with van der Waals surface area (Å²) in [6.07, 6.45) is 3.48. The summed E-state index contributed by atoms with van der Waals surface area (Å²) in [4.78, 5) is 11.7. The fraction of sp³-hybridized carbons (Fsp3) is 0.533. The average molecular weight is 264 g/mol. The zero-order valence-electron chi connectivity index (χ0n) is 12.3. The molecular formula is C15H26N3O+. The highest BCUT2D eigenvalue weighted by atomic mass is 16.1. The molecule has 0 aliphatic carbocycles. The number of amides is 1. The van der Waals surface area contributed by atoms with E-state index >= 15 is 0 Å². The van der Waals surface area contributed by atoms with Gasteiger partial charge in [-0.1, -0.05) is 6.42 Å². The Morgan fingerprint density at radius 1 is 1.11 bits per heavy atom. The molecule has 4 heteroatoms. The number of hydrogen-bond acceptors (Lipinski definition) is 2. The van der Waals surface area contributed by atoms with Gasteiger partial charge in [-0.05, 0) is 31.5 Å². The van der Waals surface area contributed by atoms with Gasteiger partial charge in [0.1, 0.15) is 5.69 Å². The molecule has 0 atom stereocenters. The highest BCUT2D eigenvalue weighted by Gasteiger charge is 2.11. The fourth-order valence-electron chi connectivity index (χ4n) is 1.82. The van der Waals surface area contributed by atoms with E-state index in [1.165, 1.54) is 5.69 Å². The van der Waals surface area contributed by atoms with E-state index in [1.54, 1.807) is 0 Å². The van der Waals surface area contributed by atoms with Crippen molar-refractivity contribution in [3.8, 4) is 0 Å². The van der Waals surface area contributed by atoms with Crippen LogP contribution in [0.3, 0.4) is 0 Å². The molecule has 0 radical (unpaired) electrons. The number of rotatable bonds is 7. The van der Waals surface area contributed by atoms with Crippen molar-refractivity contribution in [2.24, 2.45) is 5.73 Å². The second-order valence-electron chi connectivity index (χ2n) is 5.71. The first kappa shape index (κ1) is 15.7. The number of nitrogens with one attached hydrogen (secondary N) is 1. The summed E-state index contributed by atoms with van der Waals surface area (Å²) < 4.78 is 0.771. The summed E-state index contributed by atoms with van der Waals surface area (Å²) >= 11 is 0. The van der Waals surface area contributed by atoms with Crippen LogP contribution in [0, 0.1) is 0 Å². The van der Waals surface area contributed by atoms with E-state index in [-0.39, 0.29) is 5.91 Å². The number of benzene rings is 1. The molecule has 0 aromatic heterocycles. The van der Waals surface area contributed by atoms with Crippen molar-refractivity contribution in [3.05, 3.63) is 24.3 Å². The summed E-state index contributed by atoms with van der Waals surface area (Å²) in [7, 11) is 6.35. The molecule has 1 aromatic rings.